The Balaban J connectivity index is 1.78. The lowest BCUT2D eigenvalue weighted by molar-refractivity contribution is 0.0377. The van der Waals surface area contributed by atoms with Crippen molar-refractivity contribution in [3.8, 4) is 0 Å². The van der Waals surface area contributed by atoms with Crippen LogP contribution in [-0.2, 0) is 9.47 Å². The van der Waals surface area contributed by atoms with E-state index in [9.17, 15) is 9.59 Å². The Bertz CT molecular complexity index is 1300. The first-order valence-corrected chi connectivity index (χ1v) is 10.5. The molecule has 0 amide bonds. The van der Waals surface area contributed by atoms with Gasteiger partial charge in [-0.25, -0.2) is 9.59 Å². The number of nitrogens with zero attached hydrogens (tertiary/aromatic N) is 1. The summed E-state index contributed by atoms with van der Waals surface area (Å²) in [6.07, 6.45) is 1.36. The van der Waals surface area contributed by atoms with Crippen LogP contribution in [0.3, 0.4) is 0 Å². The Morgan fingerprint density at radius 3 is 2.41 bits per heavy atom. The van der Waals surface area contributed by atoms with Crippen molar-refractivity contribution in [2.45, 2.75) is 26.9 Å². The van der Waals surface area contributed by atoms with Gasteiger partial charge in [-0.2, -0.15) is 0 Å². The van der Waals surface area contributed by atoms with Crippen LogP contribution in [0.2, 0.25) is 0 Å². The lowest BCUT2D eigenvalue weighted by Crippen LogP contribution is -2.11. The second-order valence-electron chi connectivity index (χ2n) is 7.61. The van der Waals surface area contributed by atoms with Gasteiger partial charge in [0.1, 0.15) is 5.56 Å². The Morgan fingerprint density at radius 1 is 0.938 bits per heavy atom. The van der Waals surface area contributed by atoms with Gasteiger partial charge in [0.25, 0.3) is 0 Å². The smallest absolute Gasteiger partial charge is 0.341 e. The Kier molecular flexibility index (Phi) is 6.03. The molecule has 4 rings (SSSR count). The number of aromatic nitrogens is 1. The fourth-order valence-corrected chi connectivity index (χ4v) is 3.55. The molecule has 162 valence electrons. The number of esters is 2. The molecule has 0 atom stereocenters. The summed E-state index contributed by atoms with van der Waals surface area (Å²) in [6, 6.07) is 18.9. The zero-order chi connectivity index (χ0) is 22.7. The molecule has 0 unspecified atom stereocenters. The number of benzene rings is 3. The van der Waals surface area contributed by atoms with Crippen molar-refractivity contribution < 1.29 is 19.1 Å². The molecule has 1 heterocycles. The van der Waals surface area contributed by atoms with Crippen LogP contribution >= 0.6 is 0 Å². The largest absolute Gasteiger partial charge is 0.462 e. The lowest BCUT2D eigenvalue weighted by atomic mass is 10.0. The van der Waals surface area contributed by atoms with Gasteiger partial charge in [0.15, 0.2) is 0 Å². The van der Waals surface area contributed by atoms with Crippen LogP contribution < -0.4 is 5.32 Å². The average molecular weight is 428 g/mol. The number of pyridine rings is 1. The molecule has 1 N–H and O–H groups in total. The molecule has 0 aliphatic heterocycles. The minimum Gasteiger partial charge on any atom is -0.462 e. The van der Waals surface area contributed by atoms with Gasteiger partial charge < -0.3 is 14.8 Å². The number of carbonyl (C=O) groups is 2. The van der Waals surface area contributed by atoms with Crippen LogP contribution in [0.15, 0.2) is 66.9 Å². The van der Waals surface area contributed by atoms with E-state index in [-0.39, 0.29) is 18.7 Å². The molecule has 0 aliphatic rings. The molecule has 4 aromatic rings. The predicted molar refractivity (Wildman–Crippen MR) is 125 cm³/mol. The summed E-state index contributed by atoms with van der Waals surface area (Å²) < 4.78 is 10.5. The van der Waals surface area contributed by atoms with E-state index < -0.39 is 5.97 Å². The summed E-state index contributed by atoms with van der Waals surface area (Å²) in [5.74, 6) is -0.825. The molecule has 6 heteroatoms. The maximum Gasteiger partial charge on any atom is 0.341 e. The highest BCUT2D eigenvalue weighted by Gasteiger charge is 2.18. The molecule has 6 nitrogen and oxygen atoms in total. The molecule has 0 saturated heterocycles. The number of hydrogen-bond acceptors (Lipinski definition) is 6. The van der Waals surface area contributed by atoms with Crippen molar-refractivity contribution >= 4 is 45.0 Å². The number of rotatable bonds is 6. The average Bonchev–Trinajstić information content (AvgIpc) is 2.79. The van der Waals surface area contributed by atoms with Crippen LogP contribution in [0.4, 0.5) is 11.4 Å². The highest BCUT2D eigenvalue weighted by atomic mass is 16.5. The van der Waals surface area contributed by atoms with Crippen molar-refractivity contribution in [1.82, 2.24) is 4.98 Å². The highest BCUT2D eigenvalue weighted by Crippen LogP contribution is 2.33. The van der Waals surface area contributed by atoms with Crippen molar-refractivity contribution in [1.29, 1.82) is 0 Å². The lowest BCUT2D eigenvalue weighted by Gasteiger charge is -2.15. The summed E-state index contributed by atoms with van der Waals surface area (Å²) in [4.78, 5) is 29.4. The third kappa shape index (κ3) is 4.25. The van der Waals surface area contributed by atoms with Crippen molar-refractivity contribution in [3.63, 3.8) is 0 Å². The van der Waals surface area contributed by atoms with Crippen LogP contribution in [0.1, 0.15) is 41.5 Å². The minimum atomic E-state index is -0.449. The maximum atomic E-state index is 12.6. The highest BCUT2D eigenvalue weighted by molar-refractivity contribution is 6.13. The van der Waals surface area contributed by atoms with Crippen LogP contribution in [0.5, 0.6) is 0 Å². The maximum absolute atomic E-state index is 12.6. The van der Waals surface area contributed by atoms with E-state index in [0.717, 1.165) is 27.4 Å². The Hall–Kier alpha value is -3.93. The van der Waals surface area contributed by atoms with Crippen molar-refractivity contribution in [3.05, 3.63) is 78.0 Å². The molecular formula is C26H24N2O4. The monoisotopic (exact) mass is 428 g/mol. The molecule has 0 fully saturated rings. The van der Waals surface area contributed by atoms with Crippen LogP contribution in [0, 0.1) is 0 Å². The normalized spacial score (nSPS) is 11.0. The Morgan fingerprint density at radius 2 is 1.69 bits per heavy atom. The topological polar surface area (TPSA) is 77.5 Å². The van der Waals surface area contributed by atoms with E-state index in [0.29, 0.717) is 16.8 Å². The summed E-state index contributed by atoms with van der Waals surface area (Å²) in [6.45, 7) is 5.65. The zero-order valence-corrected chi connectivity index (χ0v) is 18.2. The van der Waals surface area contributed by atoms with Gasteiger partial charge >= 0.3 is 11.9 Å². The number of ether oxygens (including phenoxy) is 2. The van der Waals surface area contributed by atoms with E-state index in [4.69, 9.17) is 9.47 Å². The molecule has 0 saturated carbocycles. The second kappa shape index (κ2) is 9.06. The van der Waals surface area contributed by atoms with Gasteiger partial charge in [-0.15, -0.1) is 0 Å². The molecule has 0 aliphatic carbocycles. The second-order valence-corrected chi connectivity index (χ2v) is 7.61. The standard InChI is InChI=1S/C26H24N2O4/c1-4-31-26(30)22-15-27-23-20-8-6-5-7-17(20)11-14-21(23)24(22)28-19-12-9-18(10-13-19)25(29)32-16(2)3/h5-16H,4H2,1-3H3,(H,27,28). The number of nitrogens with one attached hydrogen (secondary N) is 1. The first-order valence-electron chi connectivity index (χ1n) is 10.5. The van der Waals surface area contributed by atoms with Crippen LogP contribution in [0.25, 0.3) is 21.7 Å². The van der Waals surface area contributed by atoms with E-state index in [1.165, 1.54) is 0 Å². The summed E-state index contributed by atoms with van der Waals surface area (Å²) in [5.41, 5.74) is 2.92. The molecule has 3 aromatic carbocycles. The molecule has 0 bridgehead atoms. The minimum absolute atomic E-state index is 0.189. The Labute approximate surface area is 186 Å². The van der Waals surface area contributed by atoms with E-state index in [1.54, 1.807) is 37.4 Å². The number of anilines is 2. The molecular weight excluding hydrogens is 404 g/mol. The number of hydrogen-bond donors (Lipinski definition) is 1. The summed E-state index contributed by atoms with van der Waals surface area (Å²) in [7, 11) is 0. The first kappa shape index (κ1) is 21.3. The van der Waals surface area contributed by atoms with Crippen molar-refractivity contribution in [2.24, 2.45) is 0 Å². The summed E-state index contributed by atoms with van der Waals surface area (Å²) in [5, 5.41) is 6.20. The van der Waals surface area contributed by atoms with Gasteiger partial charge in [-0.05, 0) is 50.4 Å². The SMILES string of the molecule is CCOC(=O)c1cnc2c(ccc3ccccc32)c1Nc1ccc(C(=O)OC(C)C)cc1. The third-order valence-electron chi connectivity index (χ3n) is 4.99. The van der Waals surface area contributed by atoms with Gasteiger partial charge in [-0.1, -0.05) is 36.4 Å². The predicted octanol–water partition coefficient (Wildman–Crippen LogP) is 5.87. The zero-order valence-electron chi connectivity index (χ0n) is 18.2. The van der Waals surface area contributed by atoms with E-state index in [1.807, 2.05) is 50.2 Å². The van der Waals surface area contributed by atoms with Gasteiger partial charge in [0.05, 0.1) is 29.5 Å². The van der Waals surface area contributed by atoms with Crippen molar-refractivity contribution in [2.75, 3.05) is 11.9 Å². The number of fused-ring (bicyclic) bond motifs is 3. The molecule has 32 heavy (non-hydrogen) atoms. The van der Waals surface area contributed by atoms with Gasteiger partial charge in [0.2, 0.25) is 0 Å². The molecule has 0 radical (unpaired) electrons. The fourth-order valence-electron chi connectivity index (χ4n) is 3.55. The van der Waals surface area contributed by atoms with E-state index >= 15 is 0 Å². The van der Waals surface area contributed by atoms with Gasteiger partial charge in [0, 0.05) is 22.7 Å². The summed E-state index contributed by atoms with van der Waals surface area (Å²) >= 11 is 0. The molecule has 1 aromatic heterocycles. The first-order chi connectivity index (χ1) is 15.5. The van der Waals surface area contributed by atoms with E-state index in [2.05, 4.69) is 10.3 Å². The third-order valence-corrected chi connectivity index (χ3v) is 4.99. The fraction of sp³-hybridized carbons (Fsp3) is 0.192. The quantitative estimate of drug-likeness (QED) is 0.306. The van der Waals surface area contributed by atoms with Gasteiger partial charge in [-0.3, -0.25) is 4.98 Å². The molecule has 0 spiro atoms. The van der Waals surface area contributed by atoms with Crippen LogP contribution in [-0.4, -0.2) is 29.6 Å². The number of carbonyl (C=O) groups excluding carboxylic acids is 2.